The number of unbranched alkanes of at least 4 members (excludes halogenated alkanes) is 2. The van der Waals surface area contributed by atoms with Crippen LogP contribution in [0.25, 0.3) is 0 Å². The molecule has 16 heavy (non-hydrogen) atoms. The van der Waals surface area contributed by atoms with E-state index in [4.69, 9.17) is 11.6 Å². The molecule has 0 unspecified atom stereocenters. The van der Waals surface area contributed by atoms with Crippen LogP contribution >= 0.6 is 23.4 Å². The van der Waals surface area contributed by atoms with Gasteiger partial charge in [0.05, 0.1) is 0 Å². The van der Waals surface area contributed by atoms with Gasteiger partial charge in [0.1, 0.15) is 0 Å². The molecule has 1 aromatic rings. The normalized spacial score (nSPS) is 10.7. The molecule has 1 rings (SSSR count). The van der Waals surface area contributed by atoms with E-state index in [-0.39, 0.29) is 0 Å². The third-order valence-electron chi connectivity index (χ3n) is 2.47. The summed E-state index contributed by atoms with van der Waals surface area (Å²) in [7, 11) is 0. The van der Waals surface area contributed by atoms with Crippen LogP contribution in [0.4, 0.5) is 0 Å². The predicted octanol–water partition coefficient (Wildman–Crippen LogP) is 4.95. The second kappa shape index (κ2) is 8.03. The van der Waals surface area contributed by atoms with Crippen LogP contribution in [-0.2, 0) is 5.75 Å². The Balaban J connectivity index is 2.21. The summed E-state index contributed by atoms with van der Waals surface area (Å²) in [6.07, 6.45) is 3.72. The van der Waals surface area contributed by atoms with E-state index in [1.54, 1.807) is 0 Å². The summed E-state index contributed by atoms with van der Waals surface area (Å²) in [6.45, 7) is 4.34. The van der Waals surface area contributed by atoms with E-state index in [0.29, 0.717) is 0 Å². The highest BCUT2D eigenvalue weighted by molar-refractivity contribution is 7.98. The number of rotatable bonds is 7. The molecule has 0 aliphatic rings. The zero-order chi connectivity index (χ0) is 11.8. The summed E-state index contributed by atoms with van der Waals surface area (Å²) in [6, 6.07) is 6.81. The molecule has 0 aliphatic carbocycles. The van der Waals surface area contributed by atoms with Crippen LogP contribution in [-0.4, -0.2) is 11.6 Å². The Morgan fingerprint density at radius 2 is 1.69 bits per heavy atom. The smallest absolute Gasteiger partial charge is 0.0223 e. The van der Waals surface area contributed by atoms with Crippen molar-refractivity contribution in [3.63, 3.8) is 0 Å². The van der Waals surface area contributed by atoms with Crippen molar-refractivity contribution in [3.05, 3.63) is 34.9 Å². The number of halogens is 1. The van der Waals surface area contributed by atoms with Gasteiger partial charge in [0.2, 0.25) is 0 Å². The molecule has 2 heteroatoms. The van der Waals surface area contributed by atoms with Gasteiger partial charge in [-0.05, 0) is 38.0 Å². The van der Waals surface area contributed by atoms with Gasteiger partial charge in [0, 0.05) is 11.6 Å². The summed E-state index contributed by atoms with van der Waals surface area (Å²) < 4.78 is 0. The van der Waals surface area contributed by atoms with Crippen molar-refractivity contribution in [2.45, 2.75) is 38.9 Å². The van der Waals surface area contributed by atoms with Crippen molar-refractivity contribution in [2.75, 3.05) is 11.6 Å². The van der Waals surface area contributed by atoms with E-state index < -0.39 is 0 Å². The molecule has 0 nitrogen and oxygen atoms in total. The van der Waals surface area contributed by atoms with Gasteiger partial charge in [-0.25, -0.2) is 0 Å². The summed E-state index contributed by atoms with van der Waals surface area (Å²) in [5.41, 5.74) is 4.20. The predicted molar refractivity (Wildman–Crippen MR) is 76.6 cm³/mol. The molecule has 0 radical (unpaired) electrons. The van der Waals surface area contributed by atoms with Gasteiger partial charge < -0.3 is 0 Å². The first-order chi connectivity index (χ1) is 7.72. The number of aryl methyl sites for hydroxylation is 2. The van der Waals surface area contributed by atoms with Crippen LogP contribution in [0.5, 0.6) is 0 Å². The summed E-state index contributed by atoms with van der Waals surface area (Å²) in [5, 5.41) is 0. The Morgan fingerprint density at radius 1 is 1.00 bits per heavy atom. The molecular weight excluding hydrogens is 236 g/mol. The van der Waals surface area contributed by atoms with Crippen molar-refractivity contribution in [1.82, 2.24) is 0 Å². The Morgan fingerprint density at radius 3 is 2.31 bits per heavy atom. The van der Waals surface area contributed by atoms with Crippen LogP contribution in [0.1, 0.15) is 36.0 Å². The Kier molecular flexibility index (Phi) is 6.98. The fourth-order valence-electron chi connectivity index (χ4n) is 1.82. The van der Waals surface area contributed by atoms with Gasteiger partial charge in [-0.1, -0.05) is 35.7 Å². The van der Waals surface area contributed by atoms with Gasteiger partial charge in [-0.15, -0.1) is 11.6 Å². The monoisotopic (exact) mass is 256 g/mol. The quantitative estimate of drug-likeness (QED) is 0.492. The van der Waals surface area contributed by atoms with Crippen molar-refractivity contribution < 1.29 is 0 Å². The molecule has 0 saturated carbocycles. The lowest BCUT2D eigenvalue weighted by atomic mass is 10.1. The molecule has 1 aromatic carbocycles. The molecule has 0 aromatic heterocycles. The summed E-state index contributed by atoms with van der Waals surface area (Å²) >= 11 is 7.67. The average molecular weight is 257 g/mol. The van der Waals surface area contributed by atoms with Crippen LogP contribution in [0.2, 0.25) is 0 Å². The fourth-order valence-corrected chi connectivity index (χ4v) is 2.96. The molecule has 0 spiro atoms. The maximum absolute atomic E-state index is 5.64. The number of benzene rings is 1. The molecular formula is C14H21ClS. The first-order valence-electron chi connectivity index (χ1n) is 5.93. The largest absolute Gasteiger partial charge is 0.157 e. The highest BCUT2D eigenvalue weighted by Gasteiger charge is 1.96. The minimum Gasteiger partial charge on any atom is -0.157 e. The zero-order valence-corrected chi connectivity index (χ0v) is 11.8. The minimum absolute atomic E-state index is 0.807. The molecule has 0 saturated heterocycles. The lowest BCUT2D eigenvalue weighted by molar-refractivity contribution is 0.783. The van der Waals surface area contributed by atoms with Gasteiger partial charge in [-0.2, -0.15) is 11.8 Å². The molecule has 0 amide bonds. The van der Waals surface area contributed by atoms with Gasteiger partial charge in [-0.3, -0.25) is 0 Å². The molecule has 0 heterocycles. The lowest BCUT2D eigenvalue weighted by Gasteiger charge is -2.05. The third-order valence-corrected chi connectivity index (χ3v) is 3.85. The van der Waals surface area contributed by atoms with Crippen LogP contribution in [0.15, 0.2) is 18.2 Å². The minimum atomic E-state index is 0.807. The number of hydrogen-bond acceptors (Lipinski definition) is 1. The first-order valence-corrected chi connectivity index (χ1v) is 7.62. The van der Waals surface area contributed by atoms with Crippen LogP contribution < -0.4 is 0 Å². The van der Waals surface area contributed by atoms with E-state index in [9.17, 15) is 0 Å². The number of alkyl halides is 1. The summed E-state index contributed by atoms with van der Waals surface area (Å²) in [5.74, 6) is 3.20. The molecule has 0 fully saturated rings. The van der Waals surface area contributed by atoms with Crippen LogP contribution in [0.3, 0.4) is 0 Å². The standard InChI is InChI=1S/C14H21ClS/c1-12-8-13(2)10-14(9-12)11-16-7-5-3-4-6-15/h8-10H,3-7,11H2,1-2H3. The van der Waals surface area contributed by atoms with Crippen molar-refractivity contribution in [1.29, 1.82) is 0 Å². The topological polar surface area (TPSA) is 0 Å². The molecule has 0 atom stereocenters. The Hall–Kier alpha value is -0.140. The van der Waals surface area contributed by atoms with Gasteiger partial charge in [0.25, 0.3) is 0 Å². The maximum atomic E-state index is 5.64. The molecule has 0 N–H and O–H groups in total. The zero-order valence-electron chi connectivity index (χ0n) is 10.3. The third kappa shape index (κ3) is 5.81. The van der Waals surface area contributed by atoms with E-state index >= 15 is 0 Å². The van der Waals surface area contributed by atoms with Gasteiger partial charge >= 0.3 is 0 Å². The fraction of sp³-hybridized carbons (Fsp3) is 0.571. The van der Waals surface area contributed by atoms with E-state index in [0.717, 1.165) is 18.1 Å². The molecule has 0 aliphatic heterocycles. The molecule has 0 bridgehead atoms. The van der Waals surface area contributed by atoms with Crippen LogP contribution in [0, 0.1) is 13.8 Å². The van der Waals surface area contributed by atoms with E-state index in [1.165, 1.54) is 35.3 Å². The van der Waals surface area contributed by atoms with Crippen molar-refractivity contribution in [3.8, 4) is 0 Å². The highest BCUT2D eigenvalue weighted by atomic mass is 35.5. The second-order valence-electron chi connectivity index (χ2n) is 4.30. The SMILES string of the molecule is Cc1cc(C)cc(CSCCCCCCl)c1. The van der Waals surface area contributed by atoms with Crippen molar-refractivity contribution in [2.24, 2.45) is 0 Å². The van der Waals surface area contributed by atoms with Gasteiger partial charge in [0.15, 0.2) is 0 Å². The van der Waals surface area contributed by atoms with E-state index in [2.05, 4.69) is 32.0 Å². The lowest BCUT2D eigenvalue weighted by Crippen LogP contribution is -1.87. The Bertz CT molecular complexity index is 289. The maximum Gasteiger partial charge on any atom is 0.0223 e. The second-order valence-corrected chi connectivity index (χ2v) is 5.78. The van der Waals surface area contributed by atoms with E-state index in [1.807, 2.05) is 11.8 Å². The average Bonchev–Trinajstić information content (AvgIpc) is 2.22. The number of thioether (sulfide) groups is 1. The first kappa shape index (κ1) is 13.9. The molecule has 90 valence electrons. The Labute approximate surface area is 109 Å². The highest BCUT2D eigenvalue weighted by Crippen LogP contribution is 2.17. The number of hydrogen-bond donors (Lipinski definition) is 0. The van der Waals surface area contributed by atoms with Crippen molar-refractivity contribution >= 4 is 23.4 Å². The summed E-state index contributed by atoms with van der Waals surface area (Å²) in [4.78, 5) is 0.